The lowest BCUT2D eigenvalue weighted by Crippen LogP contribution is -2.25. The Morgan fingerprint density at radius 3 is 2.54 bits per heavy atom. The molecule has 13 heavy (non-hydrogen) atoms. The molecular weight excluding hydrogens is 164 g/mol. The highest BCUT2D eigenvalue weighted by Crippen LogP contribution is 2.05. The predicted molar refractivity (Wildman–Crippen MR) is 50.7 cm³/mol. The van der Waals surface area contributed by atoms with E-state index >= 15 is 0 Å². The van der Waals surface area contributed by atoms with Gasteiger partial charge in [-0.1, -0.05) is 29.8 Å². The smallest absolute Gasteiger partial charge is 0.247 e. The number of carbonyl (C=O) groups is 1. The number of amides is 1. The zero-order valence-corrected chi connectivity index (χ0v) is 7.37. The third-order valence-corrected chi connectivity index (χ3v) is 1.96. The fourth-order valence-corrected chi connectivity index (χ4v) is 1.24. The van der Waals surface area contributed by atoms with Crippen LogP contribution in [0.25, 0.3) is 0 Å². The molecular formula is C10H10N2O. The van der Waals surface area contributed by atoms with Crippen LogP contribution < -0.4 is 5.32 Å². The monoisotopic (exact) mass is 174 g/mol. The summed E-state index contributed by atoms with van der Waals surface area (Å²) in [7, 11) is 0. The van der Waals surface area contributed by atoms with Crippen molar-refractivity contribution >= 4 is 11.7 Å². The van der Waals surface area contributed by atoms with E-state index in [9.17, 15) is 4.79 Å². The van der Waals surface area contributed by atoms with Crippen LogP contribution in [0.4, 0.5) is 0 Å². The summed E-state index contributed by atoms with van der Waals surface area (Å²) in [5.41, 5.74) is 2.17. The third-order valence-electron chi connectivity index (χ3n) is 1.96. The first-order valence-electron chi connectivity index (χ1n) is 4.17. The molecule has 1 aliphatic rings. The molecule has 3 heteroatoms. The Balaban J connectivity index is 2.27. The van der Waals surface area contributed by atoms with E-state index in [0.29, 0.717) is 5.84 Å². The Hall–Kier alpha value is -1.64. The summed E-state index contributed by atoms with van der Waals surface area (Å²) in [4.78, 5) is 14.9. The largest absolute Gasteiger partial charge is 0.309 e. The van der Waals surface area contributed by atoms with Crippen LogP contribution in [0.2, 0.25) is 0 Å². The topological polar surface area (TPSA) is 41.5 Å². The predicted octanol–water partition coefficient (Wildman–Crippen LogP) is 0.871. The highest BCUT2D eigenvalue weighted by atomic mass is 16.2. The van der Waals surface area contributed by atoms with Crippen LogP contribution in [-0.2, 0) is 4.79 Å². The molecule has 1 heterocycles. The van der Waals surface area contributed by atoms with Gasteiger partial charge >= 0.3 is 0 Å². The molecule has 0 saturated heterocycles. The van der Waals surface area contributed by atoms with E-state index in [1.165, 1.54) is 5.56 Å². The molecule has 0 saturated carbocycles. The van der Waals surface area contributed by atoms with Gasteiger partial charge in [-0.05, 0) is 6.92 Å². The lowest BCUT2D eigenvalue weighted by atomic mass is 10.1. The van der Waals surface area contributed by atoms with Crippen molar-refractivity contribution in [1.29, 1.82) is 0 Å². The number of benzene rings is 1. The van der Waals surface area contributed by atoms with Gasteiger partial charge in [0.05, 0.1) is 0 Å². The van der Waals surface area contributed by atoms with Gasteiger partial charge in [0.1, 0.15) is 12.4 Å². The Morgan fingerprint density at radius 2 is 2.00 bits per heavy atom. The number of nitrogens with zero attached hydrogens (tertiary/aromatic N) is 1. The van der Waals surface area contributed by atoms with Gasteiger partial charge in [0, 0.05) is 5.56 Å². The molecule has 1 amide bonds. The lowest BCUT2D eigenvalue weighted by molar-refractivity contribution is -0.117. The van der Waals surface area contributed by atoms with Crippen LogP contribution in [0.1, 0.15) is 11.1 Å². The minimum Gasteiger partial charge on any atom is -0.309 e. The Labute approximate surface area is 76.5 Å². The number of rotatable bonds is 1. The first kappa shape index (κ1) is 7.98. The second-order valence-corrected chi connectivity index (χ2v) is 3.08. The van der Waals surface area contributed by atoms with Crippen LogP contribution >= 0.6 is 0 Å². The number of aryl methyl sites for hydroxylation is 1. The summed E-state index contributed by atoms with van der Waals surface area (Å²) in [6.45, 7) is 2.28. The number of carbonyl (C=O) groups excluding carboxylic acids is 1. The van der Waals surface area contributed by atoms with Crippen LogP contribution in [0.5, 0.6) is 0 Å². The van der Waals surface area contributed by atoms with E-state index in [4.69, 9.17) is 0 Å². The van der Waals surface area contributed by atoms with Crippen molar-refractivity contribution < 1.29 is 4.79 Å². The summed E-state index contributed by atoms with van der Waals surface area (Å²) in [6.07, 6.45) is 0. The van der Waals surface area contributed by atoms with E-state index in [2.05, 4.69) is 10.3 Å². The molecule has 3 nitrogen and oxygen atoms in total. The van der Waals surface area contributed by atoms with Crippen molar-refractivity contribution in [2.75, 3.05) is 6.54 Å². The zero-order valence-electron chi connectivity index (χ0n) is 7.37. The Morgan fingerprint density at radius 1 is 1.31 bits per heavy atom. The van der Waals surface area contributed by atoms with Crippen LogP contribution in [0.3, 0.4) is 0 Å². The molecule has 0 spiro atoms. The number of hydrogen-bond donors (Lipinski definition) is 1. The molecule has 66 valence electrons. The van der Waals surface area contributed by atoms with Crippen LogP contribution in [-0.4, -0.2) is 18.3 Å². The fraction of sp³-hybridized carbons (Fsp3) is 0.200. The van der Waals surface area contributed by atoms with Crippen molar-refractivity contribution in [2.24, 2.45) is 4.99 Å². The van der Waals surface area contributed by atoms with E-state index < -0.39 is 0 Å². The summed E-state index contributed by atoms with van der Waals surface area (Å²) in [5.74, 6) is 0.653. The van der Waals surface area contributed by atoms with Gasteiger partial charge < -0.3 is 5.32 Å². The highest BCUT2D eigenvalue weighted by molar-refractivity contribution is 6.12. The molecule has 2 rings (SSSR count). The highest BCUT2D eigenvalue weighted by Gasteiger charge is 2.13. The number of aliphatic imine (C=N–C) groups is 1. The normalized spacial score (nSPS) is 15.5. The first-order chi connectivity index (χ1) is 6.25. The van der Waals surface area contributed by atoms with Gasteiger partial charge in [-0.3, -0.25) is 9.79 Å². The third kappa shape index (κ3) is 1.59. The number of hydrogen-bond acceptors (Lipinski definition) is 2. The summed E-state index contributed by atoms with van der Waals surface area (Å²) in [6, 6.07) is 7.92. The van der Waals surface area contributed by atoms with Crippen molar-refractivity contribution in [3.8, 4) is 0 Å². The van der Waals surface area contributed by atoms with Crippen LogP contribution in [0.15, 0.2) is 29.3 Å². The van der Waals surface area contributed by atoms with Gasteiger partial charge in [0.25, 0.3) is 0 Å². The molecule has 0 bridgehead atoms. The fourth-order valence-electron chi connectivity index (χ4n) is 1.24. The first-order valence-corrected chi connectivity index (χ1v) is 4.17. The van der Waals surface area contributed by atoms with Gasteiger partial charge in [-0.25, -0.2) is 0 Å². The molecule has 0 radical (unpaired) electrons. The van der Waals surface area contributed by atoms with Gasteiger partial charge in [-0.2, -0.15) is 0 Å². The lowest BCUT2D eigenvalue weighted by Gasteiger charge is -2.00. The van der Waals surface area contributed by atoms with E-state index in [-0.39, 0.29) is 12.5 Å². The molecule has 0 atom stereocenters. The van der Waals surface area contributed by atoms with Gasteiger partial charge in [-0.15, -0.1) is 0 Å². The molecule has 0 aliphatic carbocycles. The van der Waals surface area contributed by atoms with Crippen molar-refractivity contribution in [2.45, 2.75) is 6.92 Å². The van der Waals surface area contributed by atoms with Crippen molar-refractivity contribution in [3.05, 3.63) is 35.4 Å². The summed E-state index contributed by atoms with van der Waals surface area (Å²) in [5, 5.41) is 2.70. The van der Waals surface area contributed by atoms with Gasteiger partial charge in [0.2, 0.25) is 5.91 Å². The Kier molecular flexibility index (Phi) is 1.85. The quantitative estimate of drug-likeness (QED) is 0.674. The number of nitrogens with one attached hydrogen (secondary N) is 1. The molecule has 1 aliphatic heterocycles. The van der Waals surface area contributed by atoms with Crippen LogP contribution in [0, 0.1) is 6.92 Å². The molecule has 0 fully saturated rings. The minimum atomic E-state index is -0.0319. The summed E-state index contributed by atoms with van der Waals surface area (Å²) >= 11 is 0. The average molecular weight is 174 g/mol. The molecule has 0 unspecified atom stereocenters. The second-order valence-electron chi connectivity index (χ2n) is 3.08. The second kappa shape index (κ2) is 3.01. The Bertz CT molecular complexity index is 365. The zero-order chi connectivity index (χ0) is 9.26. The molecule has 1 aromatic rings. The maximum absolute atomic E-state index is 10.9. The standard InChI is InChI=1S/C10H10N2O/c1-7-2-4-8(5-3-7)10-11-6-9(13)12-10/h2-5H,6H2,1H3,(H,11,12,13). The average Bonchev–Trinajstić information content (AvgIpc) is 2.53. The van der Waals surface area contributed by atoms with Gasteiger partial charge in [0.15, 0.2) is 0 Å². The molecule has 0 aromatic heterocycles. The maximum atomic E-state index is 10.9. The molecule has 1 aromatic carbocycles. The number of amidine groups is 1. The SMILES string of the molecule is Cc1ccc(C2=NCC(=O)N2)cc1. The molecule has 1 N–H and O–H groups in total. The van der Waals surface area contributed by atoms with Crippen molar-refractivity contribution in [1.82, 2.24) is 5.32 Å². The minimum absolute atomic E-state index is 0.0319. The van der Waals surface area contributed by atoms with E-state index in [0.717, 1.165) is 5.56 Å². The maximum Gasteiger partial charge on any atom is 0.247 e. The van der Waals surface area contributed by atoms with Crippen molar-refractivity contribution in [3.63, 3.8) is 0 Å². The summed E-state index contributed by atoms with van der Waals surface area (Å²) < 4.78 is 0. The van der Waals surface area contributed by atoms with E-state index in [1.807, 2.05) is 31.2 Å². The van der Waals surface area contributed by atoms with E-state index in [1.54, 1.807) is 0 Å².